The number of benzene rings is 1. The zero-order valence-corrected chi connectivity index (χ0v) is 14.4. The average Bonchev–Trinajstić information content (AvgIpc) is 3.18. The fraction of sp³-hybridized carbons (Fsp3) is 0.353. The highest BCUT2D eigenvalue weighted by Crippen LogP contribution is 2.34. The van der Waals surface area contributed by atoms with E-state index in [0.717, 1.165) is 10.6 Å². The summed E-state index contributed by atoms with van der Waals surface area (Å²) in [5.41, 5.74) is 2.00. The number of aliphatic hydroxyl groups is 2. The molecule has 1 saturated heterocycles. The first kappa shape index (κ1) is 16.5. The number of imidazole rings is 1. The molecule has 4 rings (SSSR count). The molecule has 3 aromatic rings. The van der Waals surface area contributed by atoms with Crippen LogP contribution in [0.3, 0.4) is 0 Å². The Morgan fingerprint density at radius 2 is 1.92 bits per heavy atom. The maximum atomic E-state index is 10.4. The Kier molecular flexibility index (Phi) is 4.43. The fourth-order valence-electron chi connectivity index (χ4n) is 2.95. The Bertz CT molecular complexity index is 873. The summed E-state index contributed by atoms with van der Waals surface area (Å²) in [5.74, 6) is 0.541. The zero-order chi connectivity index (χ0) is 17.4. The third-order valence-electron chi connectivity index (χ3n) is 4.31. The second kappa shape index (κ2) is 6.72. The van der Waals surface area contributed by atoms with Crippen LogP contribution >= 0.6 is 11.8 Å². The molecular formula is C17H18N4O3S. The average molecular weight is 358 g/mol. The molecule has 1 fully saturated rings. The molecule has 1 aliphatic rings. The highest BCUT2D eigenvalue weighted by molar-refractivity contribution is 7.99. The van der Waals surface area contributed by atoms with Crippen LogP contribution < -0.4 is 0 Å². The van der Waals surface area contributed by atoms with Crippen LogP contribution in [0.5, 0.6) is 0 Å². The van der Waals surface area contributed by atoms with Crippen LogP contribution in [0.15, 0.2) is 47.9 Å². The molecule has 2 aromatic heterocycles. The van der Waals surface area contributed by atoms with E-state index in [4.69, 9.17) is 4.74 Å². The summed E-state index contributed by atoms with van der Waals surface area (Å²) in [5, 5.41) is 20.8. The minimum Gasteiger partial charge on any atom is -0.387 e. The molecule has 130 valence electrons. The second-order valence-electron chi connectivity index (χ2n) is 5.95. The molecule has 1 aromatic carbocycles. The van der Waals surface area contributed by atoms with E-state index in [1.165, 1.54) is 6.33 Å². The van der Waals surface area contributed by atoms with Crippen LogP contribution in [0.25, 0.3) is 11.2 Å². The second-order valence-corrected chi connectivity index (χ2v) is 7.05. The predicted octanol–water partition coefficient (Wildman–Crippen LogP) is 1.55. The van der Waals surface area contributed by atoms with Gasteiger partial charge in [0.25, 0.3) is 0 Å². The lowest BCUT2D eigenvalue weighted by atomic mass is 10.1. The van der Waals surface area contributed by atoms with E-state index in [2.05, 4.69) is 15.0 Å². The summed E-state index contributed by atoms with van der Waals surface area (Å²) in [7, 11) is 0. The van der Waals surface area contributed by atoms with E-state index >= 15 is 0 Å². The lowest BCUT2D eigenvalue weighted by Crippen LogP contribution is -2.32. The Hall–Kier alpha value is -2.00. The van der Waals surface area contributed by atoms with Gasteiger partial charge in [-0.05, 0) is 19.1 Å². The van der Waals surface area contributed by atoms with Gasteiger partial charge in [0.1, 0.15) is 24.1 Å². The summed E-state index contributed by atoms with van der Waals surface area (Å²) in [6.07, 6.45) is -0.201. The Morgan fingerprint density at radius 3 is 2.72 bits per heavy atom. The Balaban J connectivity index is 1.54. The number of aromatic nitrogens is 4. The molecule has 3 heterocycles. The number of fused-ring (bicyclic) bond motifs is 1. The summed E-state index contributed by atoms with van der Waals surface area (Å²) in [4.78, 5) is 13.7. The van der Waals surface area contributed by atoms with Gasteiger partial charge in [-0.15, -0.1) is 11.8 Å². The van der Waals surface area contributed by atoms with Crippen molar-refractivity contribution >= 4 is 22.9 Å². The van der Waals surface area contributed by atoms with E-state index in [-0.39, 0.29) is 0 Å². The number of ether oxygens (including phenoxy) is 1. The largest absolute Gasteiger partial charge is 0.387 e. The van der Waals surface area contributed by atoms with Crippen molar-refractivity contribution < 1.29 is 14.9 Å². The summed E-state index contributed by atoms with van der Waals surface area (Å²) < 4.78 is 7.60. The molecule has 2 N–H and O–H groups in total. The van der Waals surface area contributed by atoms with Crippen molar-refractivity contribution in [1.29, 1.82) is 0 Å². The lowest BCUT2D eigenvalue weighted by Gasteiger charge is -2.16. The van der Waals surface area contributed by atoms with Gasteiger partial charge < -0.3 is 14.9 Å². The molecule has 25 heavy (non-hydrogen) atoms. The van der Waals surface area contributed by atoms with Gasteiger partial charge >= 0.3 is 0 Å². The molecule has 0 bridgehead atoms. The van der Waals surface area contributed by atoms with Crippen LogP contribution in [0.2, 0.25) is 0 Å². The normalized spacial score (nSPS) is 26.4. The monoisotopic (exact) mass is 358 g/mol. The molecule has 0 spiro atoms. The van der Waals surface area contributed by atoms with Crippen molar-refractivity contribution in [2.45, 2.75) is 36.4 Å². The first-order chi connectivity index (χ1) is 12.1. The van der Waals surface area contributed by atoms with Crippen LogP contribution in [-0.4, -0.2) is 53.8 Å². The standard InChI is InChI=1S/C17H18N4O3S/c1-10-13-16(19-8-18-10)21(9-20-13)17-15(23)14(22)12(24-17)7-25-11-5-3-2-4-6-11/h2-6,8-9,12,14-15,17,22-23H,7H2,1H3/t12-,14-,15-,17-/m1/s1. The van der Waals surface area contributed by atoms with E-state index in [1.807, 2.05) is 37.3 Å². The Morgan fingerprint density at radius 1 is 1.12 bits per heavy atom. The molecule has 0 saturated carbocycles. The van der Waals surface area contributed by atoms with Gasteiger partial charge in [0.05, 0.1) is 18.1 Å². The maximum absolute atomic E-state index is 10.4. The smallest absolute Gasteiger partial charge is 0.165 e. The molecule has 0 aliphatic carbocycles. The van der Waals surface area contributed by atoms with Gasteiger partial charge in [0.15, 0.2) is 11.9 Å². The molecular weight excluding hydrogens is 340 g/mol. The minimum absolute atomic E-state index is 0.481. The highest BCUT2D eigenvalue weighted by atomic mass is 32.2. The van der Waals surface area contributed by atoms with Crippen LogP contribution in [-0.2, 0) is 4.74 Å². The summed E-state index contributed by atoms with van der Waals surface area (Å²) in [6.45, 7) is 1.85. The van der Waals surface area contributed by atoms with E-state index < -0.39 is 24.5 Å². The molecule has 0 radical (unpaired) electrons. The quantitative estimate of drug-likeness (QED) is 0.684. The molecule has 4 atom stereocenters. The number of hydrogen-bond acceptors (Lipinski definition) is 7. The Labute approximate surface area is 148 Å². The minimum atomic E-state index is -1.05. The van der Waals surface area contributed by atoms with Gasteiger partial charge in [-0.1, -0.05) is 18.2 Å². The van der Waals surface area contributed by atoms with Crippen molar-refractivity contribution in [3.63, 3.8) is 0 Å². The third-order valence-corrected chi connectivity index (χ3v) is 5.41. The summed E-state index contributed by atoms with van der Waals surface area (Å²) >= 11 is 1.58. The van der Waals surface area contributed by atoms with E-state index in [0.29, 0.717) is 16.9 Å². The summed E-state index contributed by atoms with van der Waals surface area (Å²) in [6, 6.07) is 9.89. The van der Waals surface area contributed by atoms with Crippen molar-refractivity contribution in [2.75, 3.05) is 5.75 Å². The number of aryl methyl sites for hydroxylation is 1. The van der Waals surface area contributed by atoms with E-state index in [9.17, 15) is 10.2 Å². The number of aliphatic hydroxyl groups excluding tert-OH is 2. The van der Waals surface area contributed by atoms with Gasteiger partial charge in [-0.2, -0.15) is 0 Å². The van der Waals surface area contributed by atoms with Crippen LogP contribution in [0.1, 0.15) is 11.9 Å². The maximum Gasteiger partial charge on any atom is 0.165 e. The van der Waals surface area contributed by atoms with Gasteiger partial charge in [0, 0.05) is 10.6 Å². The van der Waals surface area contributed by atoms with Gasteiger partial charge in [-0.3, -0.25) is 4.57 Å². The molecule has 7 nitrogen and oxygen atoms in total. The topological polar surface area (TPSA) is 93.3 Å². The predicted molar refractivity (Wildman–Crippen MR) is 93.1 cm³/mol. The zero-order valence-electron chi connectivity index (χ0n) is 13.6. The number of rotatable bonds is 4. The molecule has 8 heteroatoms. The first-order valence-corrected chi connectivity index (χ1v) is 8.97. The number of hydrogen-bond donors (Lipinski definition) is 2. The fourth-order valence-corrected chi connectivity index (χ4v) is 3.93. The van der Waals surface area contributed by atoms with Crippen LogP contribution in [0, 0.1) is 6.92 Å². The SMILES string of the molecule is Cc1ncnc2c1ncn2[C@@H]1O[C@H](CSc2ccccc2)[C@@H](O)[C@H]1O. The van der Waals surface area contributed by atoms with Crippen LogP contribution in [0.4, 0.5) is 0 Å². The van der Waals surface area contributed by atoms with E-state index in [1.54, 1.807) is 22.7 Å². The van der Waals surface area contributed by atoms with Crippen molar-refractivity contribution in [2.24, 2.45) is 0 Å². The number of nitrogens with zero attached hydrogens (tertiary/aromatic N) is 4. The highest BCUT2D eigenvalue weighted by Gasteiger charge is 2.44. The lowest BCUT2D eigenvalue weighted by molar-refractivity contribution is -0.0289. The molecule has 0 amide bonds. The first-order valence-electron chi connectivity index (χ1n) is 7.98. The third kappa shape index (κ3) is 3.02. The molecule has 1 aliphatic heterocycles. The number of thioether (sulfide) groups is 1. The van der Waals surface area contributed by atoms with Gasteiger partial charge in [-0.25, -0.2) is 15.0 Å². The van der Waals surface area contributed by atoms with Crippen molar-refractivity contribution in [1.82, 2.24) is 19.5 Å². The van der Waals surface area contributed by atoms with Gasteiger partial charge in [0.2, 0.25) is 0 Å². The van der Waals surface area contributed by atoms with Crippen molar-refractivity contribution in [3.8, 4) is 0 Å². The van der Waals surface area contributed by atoms with Crippen molar-refractivity contribution in [3.05, 3.63) is 48.7 Å². The molecule has 0 unspecified atom stereocenters.